The molecule has 3 heterocycles. The largest absolute Gasteiger partial charge is 0.481 e. The second-order valence-electron chi connectivity index (χ2n) is 8.00. The molecule has 1 aliphatic heterocycles. The molecule has 0 aliphatic carbocycles. The summed E-state index contributed by atoms with van der Waals surface area (Å²) < 4.78 is 10.4. The van der Waals surface area contributed by atoms with E-state index in [2.05, 4.69) is 35.8 Å². The monoisotopic (exact) mass is 513 g/mol. The Morgan fingerprint density at radius 1 is 1.17 bits per heavy atom. The second kappa shape index (κ2) is 11.2. The molecule has 0 bridgehead atoms. The quantitative estimate of drug-likeness (QED) is 0.356. The predicted molar refractivity (Wildman–Crippen MR) is 135 cm³/mol. The summed E-state index contributed by atoms with van der Waals surface area (Å²) in [6.45, 7) is 2.74. The van der Waals surface area contributed by atoms with Crippen molar-refractivity contribution in [2.45, 2.75) is 25.9 Å². The number of ether oxygens (including phenoxy) is 2. The van der Waals surface area contributed by atoms with Gasteiger partial charge in [0.25, 0.3) is 5.91 Å². The fraction of sp³-hybridized carbons (Fsp3) is 0.348. The van der Waals surface area contributed by atoms with Crippen molar-refractivity contribution in [2.75, 3.05) is 42.9 Å². The van der Waals surface area contributed by atoms with E-state index in [9.17, 15) is 14.7 Å². The lowest BCUT2D eigenvalue weighted by Gasteiger charge is -2.27. The number of nitrogens with zero attached hydrogens (tertiary/aromatic N) is 4. The van der Waals surface area contributed by atoms with Gasteiger partial charge in [-0.25, -0.2) is 9.78 Å². The van der Waals surface area contributed by atoms with E-state index in [1.807, 2.05) is 0 Å². The number of aliphatic hydroxyl groups is 1. The van der Waals surface area contributed by atoms with E-state index in [0.29, 0.717) is 42.0 Å². The average Bonchev–Trinajstić information content (AvgIpc) is 3.29. The van der Waals surface area contributed by atoms with E-state index in [1.165, 1.54) is 25.6 Å². The summed E-state index contributed by atoms with van der Waals surface area (Å²) in [5.74, 6) is 0.691. The van der Waals surface area contributed by atoms with Gasteiger partial charge in [0.1, 0.15) is 5.82 Å². The number of carbonyl (C=O) groups is 2. The Balaban J connectivity index is 1.43. The van der Waals surface area contributed by atoms with E-state index >= 15 is 0 Å². The van der Waals surface area contributed by atoms with E-state index in [-0.39, 0.29) is 18.2 Å². The number of anilines is 3. The van der Waals surface area contributed by atoms with Crippen molar-refractivity contribution in [3.63, 3.8) is 0 Å². The van der Waals surface area contributed by atoms with Crippen molar-refractivity contribution < 1.29 is 24.2 Å². The van der Waals surface area contributed by atoms with Crippen LogP contribution in [0.4, 0.5) is 21.4 Å². The number of methoxy groups -OCH3 is 2. The van der Waals surface area contributed by atoms with Crippen LogP contribution in [0.1, 0.15) is 27.9 Å². The highest BCUT2D eigenvalue weighted by Gasteiger charge is 2.24. The van der Waals surface area contributed by atoms with Gasteiger partial charge in [-0.05, 0) is 19.1 Å². The first-order chi connectivity index (χ1) is 17.4. The fourth-order valence-electron chi connectivity index (χ4n) is 3.58. The number of aliphatic hydroxyl groups excluding tert-OH is 1. The maximum absolute atomic E-state index is 12.7. The van der Waals surface area contributed by atoms with Crippen LogP contribution in [0.2, 0.25) is 0 Å². The van der Waals surface area contributed by atoms with E-state index < -0.39 is 18.0 Å². The summed E-state index contributed by atoms with van der Waals surface area (Å²) in [7, 11) is 3.03. The lowest BCUT2D eigenvalue weighted by molar-refractivity contribution is 0.0923. The smallest absolute Gasteiger partial charge is 0.325 e. The number of nitrogens with one attached hydrogen (secondary N) is 3. The summed E-state index contributed by atoms with van der Waals surface area (Å²) in [4.78, 5) is 41.4. The Labute approximate surface area is 211 Å². The molecule has 12 nitrogen and oxygen atoms in total. The molecule has 4 rings (SSSR count). The topological polar surface area (TPSA) is 151 Å². The van der Waals surface area contributed by atoms with E-state index in [0.717, 1.165) is 10.6 Å². The van der Waals surface area contributed by atoms with Crippen molar-refractivity contribution in [3.8, 4) is 11.9 Å². The molecule has 13 heteroatoms. The molecule has 4 N–H and O–H groups in total. The van der Waals surface area contributed by atoms with Gasteiger partial charge in [0.2, 0.25) is 5.88 Å². The van der Waals surface area contributed by atoms with Crippen molar-refractivity contribution in [1.29, 1.82) is 0 Å². The van der Waals surface area contributed by atoms with Gasteiger partial charge in [-0.2, -0.15) is 9.97 Å². The van der Waals surface area contributed by atoms with Gasteiger partial charge >= 0.3 is 12.0 Å². The molecular formula is C23H27N7O5S. The minimum Gasteiger partial charge on any atom is -0.481 e. The third-order valence-corrected chi connectivity index (χ3v) is 6.41. The molecule has 0 fully saturated rings. The number of rotatable bonds is 8. The van der Waals surface area contributed by atoms with Gasteiger partial charge in [0.05, 0.1) is 44.3 Å². The molecule has 2 aromatic heterocycles. The molecule has 36 heavy (non-hydrogen) atoms. The number of carbonyl (C=O) groups excluding carboxylic acids is 2. The summed E-state index contributed by atoms with van der Waals surface area (Å²) in [5.41, 5.74) is 1.55. The zero-order chi connectivity index (χ0) is 25.7. The number of hydrogen-bond donors (Lipinski definition) is 4. The highest BCUT2D eigenvalue weighted by atomic mass is 32.1. The van der Waals surface area contributed by atoms with Gasteiger partial charge in [-0.3, -0.25) is 10.1 Å². The van der Waals surface area contributed by atoms with Crippen LogP contribution in [0.5, 0.6) is 11.9 Å². The van der Waals surface area contributed by atoms with Crippen molar-refractivity contribution in [3.05, 3.63) is 46.5 Å². The van der Waals surface area contributed by atoms with E-state index in [4.69, 9.17) is 9.47 Å². The van der Waals surface area contributed by atoms with Gasteiger partial charge in [-0.15, -0.1) is 0 Å². The maximum Gasteiger partial charge on any atom is 0.325 e. The molecule has 3 amide bonds. The fourth-order valence-corrected chi connectivity index (χ4v) is 4.60. The zero-order valence-electron chi connectivity index (χ0n) is 20.1. The number of amides is 3. The molecule has 1 atom stereocenters. The van der Waals surface area contributed by atoms with Crippen LogP contribution >= 0.6 is 11.3 Å². The van der Waals surface area contributed by atoms with Gasteiger partial charge in [0, 0.05) is 30.0 Å². The summed E-state index contributed by atoms with van der Waals surface area (Å²) in [5, 5.41) is 17.8. The molecule has 0 unspecified atom stereocenters. The Hall–Kier alpha value is -3.97. The number of para-hydroxylation sites is 1. The van der Waals surface area contributed by atoms with Gasteiger partial charge in [0.15, 0.2) is 5.13 Å². The molecule has 0 saturated heterocycles. The number of aromatic nitrogens is 3. The van der Waals surface area contributed by atoms with Crippen LogP contribution in [0, 0.1) is 0 Å². The number of benzene rings is 1. The molecule has 3 aromatic rings. The minimum absolute atomic E-state index is 0.188. The van der Waals surface area contributed by atoms with Crippen LogP contribution in [0.15, 0.2) is 30.3 Å². The predicted octanol–water partition coefficient (Wildman–Crippen LogP) is 2.27. The first-order valence-electron chi connectivity index (χ1n) is 11.2. The first kappa shape index (κ1) is 25.1. The summed E-state index contributed by atoms with van der Waals surface area (Å²) >= 11 is 1.38. The first-order valence-corrected chi connectivity index (χ1v) is 12.0. The molecule has 0 spiro atoms. The lowest BCUT2D eigenvalue weighted by atomic mass is 10.1. The molecule has 190 valence electrons. The van der Waals surface area contributed by atoms with Crippen molar-refractivity contribution in [1.82, 2.24) is 20.3 Å². The average molecular weight is 514 g/mol. The van der Waals surface area contributed by atoms with Crippen LogP contribution in [-0.2, 0) is 13.0 Å². The maximum atomic E-state index is 12.7. The SMILES string of the molecule is COc1cc(N2CCc3nc(NC(=O)Nc4ccccc4C(=O)N[C@H](C)CO)sc3C2)nc(OC)n1. The van der Waals surface area contributed by atoms with Crippen LogP contribution in [0.25, 0.3) is 0 Å². The van der Waals surface area contributed by atoms with Crippen LogP contribution in [-0.4, -0.2) is 65.4 Å². The number of urea groups is 1. The van der Waals surface area contributed by atoms with Crippen molar-refractivity contribution >= 4 is 39.9 Å². The van der Waals surface area contributed by atoms with E-state index in [1.54, 1.807) is 37.3 Å². The van der Waals surface area contributed by atoms with Gasteiger partial charge < -0.3 is 30.1 Å². The molecule has 1 aliphatic rings. The normalized spacial score (nSPS) is 13.4. The molecule has 0 saturated carbocycles. The van der Waals surface area contributed by atoms with Crippen LogP contribution in [0.3, 0.4) is 0 Å². The van der Waals surface area contributed by atoms with Crippen molar-refractivity contribution in [2.24, 2.45) is 0 Å². The third-order valence-electron chi connectivity index (χ3n) is 5.41. The van der Waals surface area contributed by atoms with Gasteiger partial charge in [-0.1, -0.05) is 23.5 Å². The number of hydrogen-bond acceptors (Lipinski definition) is 10. The zero-order valence-corrected chi connectivity index (χ0v) is 20.9. The summed E-state index contributed by atoms with van der Waals surface area (Å²) in [6, 6.07) is 7.69. The molecule has 1 aromatic carbocycles. The Bertz CT molecular complexity index is 1230. The highest BCUT2D eigenvalue weighted by molar-refractivity contribution is 7.15. The number of fused-ring (bicyclic) bond motifs is 1. The standard InChI is InChI=1S/C23H27N7O5S/c1-13(12-31)24-20(32)14-6-4-5-7-15(14)25-21(33)29-23-26-16-8-9-30(11-17(16)36-23)18-10-19(34-2)28-22(27-18)35-3/h4-7,10,13,31H,8-9,11-12H2,1-3H3,(H,24,32)(H2,25,26,29,33)/t13-/m1/s1. The Kier molecular flexibility index (Phi) is 7.80. The Morgan fingerprint density at radius 3 is 2.72 bits per heavy atom. The summed E-state index contributed by atoms with van der Waals surface area (Å²) in [6.07, 6.45) is 0.676. The lowest BCUT2D eigenvalue weighted by Crippen LogP contribution is -2.35. The second-order valence-corrected chi connectivity index (χ2v) is 9.08. The highest BCUT2D eigenvalue weighted by Crippen LogP contribution is 2.31. The number of thiazole rings is 1. The van der Waals surface area contributed by atoms with Crippen LogP contribution < -0.4 is 30.3 Å². The molecular weight excluding hydrogens is 486 g/mol. The Morgan fingerprint density at radius 2 is 1.97 bits per heavy atom. The minimum atomic E-state index is -0.515. The third kappa shape index (κ3) is 5.80. The molecule has 0 radical (unpaired) electrons.